The van der Waals surface area contributed by atoms with Gasteiger partial charge in [-0.05, 0) is 49.1 Å². The molecule has 1 aliphatic heterocycles. The van der Waals surface area contributed by atoms with Crippen molar-refractivity contribution in [3.8, 4) is 0 Å². The summed E-state index contributed by atoms with van der Waals surface area (Å²) in [5.74, 6) is 1.16. The summed E-state index contributed by atoms with van der Waals surface area (Å²) in [6.45, 7) is 1.70. The SMILES string of the molecule is CN(C(=O)N[C@@H]1C[C@H]1c1ccc(Cl)c(Cl)c1)[C@@H]1CCCN(c2cccnn2)C1. The zero-order chi connectivity index (χ0) is 19.7. The number of nitrogens with one attached hydrogen (secondary N) is 1. The van der Waals surface area contributed by atoms with E-state index in [2.05, 4.69) is 20.4 Å². The summed E-state index contributed by atoms with van der Waals surface area (Å²) in [5.41, 5.74) is 1.12. The first-order valence-corrected chi connectivity index (χ1v) is 10.3. The molecule has 28 heavy (non-hydrogen) atoms. The molecule has 6 nitrogen and oxygen atoms in total. The summed E-state index contributed by atoms with van der Waals surface area (Å²) >= 11 is 12.1. The van der Waals surface area contributed by atoms with Crippen LogP contribution in [-0.2, 0) is 0 Å². The number of amides is 2. The fourth-order valence-corrected chi connectivity index (χ4v) is 4.14. The van der Waals surface area contributed by atoms with Gasteiger partial charge >= 0.3 is 6.03 Å². The molecule has 3 atom stereocenters. The van der Waals surface area contributed by atoms with Crippen LogP contribution in [0.3, 0.4) is 0 Å². The lowest BCUT2D eigenvalue weighted by Crippen LogP contribution is -2.52. The fraction of sp³-hybridized carbons (Fsp3) is 0.450. The Balaban J connectivity index is 1.33. The van der Waals surface area contributed by atoms with Gasteiger partial charge in [-0.1, -0.05) is 29.3 Å². The van der Waals surface area contributed by atoms with Gasteiger partial charge in [-0.3, -0.25) is 0 Å². The van der Waals surface area contributed by atoms with Crippen LogP contribution in [0.1, 0.15) is 30.7 Å². The van der Waals surface area contributed by atoms with E-state index in [0.29, 0.717) is 16.0 Å². The van der Waals surface area contributed by atoms with Crippen molar-refractivity contribution in [1.82, 2.24) is 20.4 Å². The fourth-order valence-electron chi connectivity index (χ4n) is 3.83. The van der Waals surface area contributed by atoms with E-state index in [-0.39, 0.29) is 18.1 Å². The second-order valence-electron chi connectivity index (χ2n) is 7.51. The van der Waals surface area contributed by atoms with Crippen LogP contribution in [0.2, 0.25) is 10.0 Å². The molecule has 1 aromatic carbocycles. The molecule has 1 aliphatic carbocycles. The minimum absolute atomic E-state index is 0.0291. The van der Waals surface area contributed by atoms with E-state index in [1.54, 1.807) is 6.20 Å². The van der Waals surface area contributed by atoms with Crippen LogP contribution in [-0.4, -0.2) is 53.3 Å². The summed E-state index contributed by atoms with van der Waals surface area (Å²) in [7, 11) is 1.87. The van der Waals surface area contributed by atoms with Crippen LogP contribution in [0.5, 0.6) is 0 Å². The molecule has 2 heterocycles. The van der Waals surface area contributed by atoms with E-state index in [1.807, 2.05) is 42.3 Å². The number of urea groups is 1. The Hall–Kier alpha value is -2.05. The van der Waals surface area contributed by atoms with Crippen LogP contribution in [0, 0.1) is 0 Å². The number of hydrogen-bond donors (Lipinski definition) is 1. The molecule has 0 bridgehead atoms. The smallest absolute Gasteiger partial charge is 0.317 e. The number of benzene rings is 1. The van der Waals surface area contributed by atoms with E-state index < -0.39 is 0 Å². The lowest BCUT2D eigenvalue weighted by atomic mass is 10.0. The zero-order valence-corrected chi connectivity index (χ0v) is 17.2. The second kappa shape index (κ2) is 8.13. The summed E-state index contributed by atoms with van der Waals surface area (Å²) in [6, 6.07) is 9.80. The van der Waals surface area contributed by atoms with Gasteiger partial charge in [0.1, 0.15) is 0 Å². The Morgan fingerprint density at radius 2 is 2.14 bits per heavy atom. The number of nitrogens with zero attached hydrogens (tertiary/aromatic N) is 4. The molecule has 2 amide bonds. The predicted molar refractivity (Wildman–Crippen MR) is 111 cm³/mol. The molecular weight excluding hydrogens is 397 g/mol. The molecule has 8 heteroatoms. The number of hydrogen-bond acceptors (Lipinski definition) is 4. The van der Waals surface area contributed by atoms with Gasteiger partial charge in [-0.15, -0.1) is 5.10 Å². The molecule has 2 aliphatic rings. The highest BCUT2D eigenvalue weighted by atomic mass is 35.5. The highest BCUT2D eigenvalue weighted by Crippen LogP contribution is 2.42. The van der Waals surface area contributed by atoms with Crippen LogP contribution >= 0.6 is 23.2 Å². The molecule has 148 valence electrons. The van der Waals surface area contributed by atoms with Gasteiger partial charge in [0.25, 0.3) is 0 Å². The summed E-state index contributed by atoms with van der Waals surface area (Å²) in [6.07, 6.45) is 4.61. The van der Waals surface area contributed by atoms with Crippen LogP contribution in [0.15, 0.2) is 36.5 Å². The molecule has 1 N–H and O–H groups in total. The number of aromatic nitrogens is 2. The molecule has 1 aromatic heterocycles. The predicted octanol–water partition coefficient (Wildman–Crippen LogP) is 3.95. The van der Waals surface area contributed by atoms with Crippen molar-refractivity contribution in [2.45, 2.75) is 37.3 Å². The van der Waals surface area contributed by atoms with Gasteiger partial charge in [0, 0.05) is 38.3 Å². The first kappa shape index (κ1) is 19.3. The molecule has 0 unspecified atom stereocenters. The molecule has 0 radical (unpaired) electrons. The van der Waals surface area contributed by atoms with Crippen molar-refractivity contribution < 1.29 is 4.79 Å². The third-order valence-electron chi connectivity index (χ3n) is 5.62. The van der Waals surface area contributed by atoms with Gasteiger partial charge in [0.2, 0.25) is 0 Å². The molecule has 2 fully saturated rings. The quantitative estimate of drug-likeness (QED) is 0.814. The number of carbonyl (C=O) groups excluding carboxylic acids is 1. The number of likely N-dealkylation sites (N-methyl/N-ethyl adjacent to an activating group) is 1. The van der Waals surface area contributed by atoms with Gasteiger partial charge in [0.05, 0.1) is 16.1 Å². The number of piperidine rings is 1. The first-order valence-electron chi connectivity index (χ1n) is 9.54. The maximum atomic E-state index is 12.8. The monoisotopic (exact) mass is 419 g/mol. The molecule has 4 rings (SSSR count). The van der Waals surface area contributed by atoms with Crippen LogP contribution in [0.4, 0.5) is 10.6 Å². The minimum atomic E-state index is -0.0291. The van der Waals surface area contributed by atoms with Crippen molar-refractivity contribution >= 4 is 35.1 Å². The molecule has 1 saturated carbocycles. The largest absolute Gasteiger partial charge is 0.353 e. The van der Waals surface area contributed by atoms with Crippen molar-refractivity contribution in [3.05, 3.63) is 52.1 Å². The Morgan fingerprint density at radius 1 is 1.29 bits per heavy atom. The van der Waals surface area contributed by atoms with E-state index in [4.69, 9.17) is 23.2 Å². The van der Waals surface area contributed by atoms with Crippen LogP contribution < -0.4 is 10.2 Å². The highest BCUT2D eigenvalue weighted by Gasteiger charge is 2.41. The van der Waals surface area contributed by atoms with E-state index in [0.717, 1.165) is 43.7 Å². The maximum absolute atomic E-state index is 12.8. The molecule has 1 saturated heterocycles. The number of carbonyl (C=O) groups is 1. The van der Waals surface area contributed by atoms with Crippen LogP contribution in [0.25, 0.3) is 0 Å². The minimum Gasteiger partial charge on any atom is -0.353 e. The van der Waals surface area contributed by atoms with Gasteiger partial charge < -0.3 is 15.1 Å². The summed E-state index contributed by atoms with van der Waals surface area (Å²) in [4.78, 5) is 16.8. The average Bonchev–Trinajstić information content (AvgIpc) is 3.49. The van der Waals surface area contributed by atoms with E-state index in [9.17, 15) is 4.79 Å². The maximum Gasteiger partial charge on any atom is 0.317 e. The summed E-state index contributed by atoms with van der Waals surface area (Å²) in [5, 5.41) is 12.4. The van der Waals surface area contributed by atoms with Crippen molar-refractivity contribution in [3.63, 3.8) is 0 Å². The third kappa shape index (κ3) is 4.18. The Kier molecular flexibility index (Phi) is 5.60. The standard InChI is InChI=1S/C20H23Cl2N5O/c1-26(14-4-3-9-27(12-14)19-5-2-8-23-25-19)20(28)24-18-11-15(18)13-6-7-16(21)17(22)10-13/h2,5-8,10,14-15,18H,3-4,9,11-12H2,1H3,(H,24,28)/t14-,15+,18-/m1/s1. The van der Waals surface area contributed by atoms with Crippen molar-refractivity contribution in [1.29, 1.82) is 0 Å². The molecule has 0 spiro atoms. The second-order valence-corrected chi connectivity index (χ2v) is 8.32. The first-order chi connectivity index (χ1) is 13.5. The summed E-state index contributed by atoms with van der Waals surface area (Å²) < 4.78 is 0. The normalized spacial score (nSPS) is 24.0. The van der Waals surface area contributed by atoms with Crippen molar-refractivity contribution in [2.24, 2.45) is 0 Å². The lowest BCUT2D eigenvalue weighted by molar-refractivity contribution is 0.182. The van der Waals surface area contributed by atoms with Gasteiger partial charge in [-0.2, -0.15) is 5.10 Å². The Labute approximate surface area is 174 Å². The number of halogens is 2. The Morgan fingerprint density at radius 3 is 2.89 bits per heavy atom. The Bertz CT molecular complexity index is 850. The highest BCUT2D eigenvalue weighted by molar-refractivity contribution is 6.42. The topological polar surface area (TPSA) is 61.4 Å². The third-order valence-corrected chi connectivity index (χ3v) is 6.36. The number of rotatable bonds is 4. The van der Waals surface area contributed by atoms with E-state index >= 15 is 0 Å². The van der Waals surface area contributed by atoms with Gasteiger partial charge in [0.15, 0.2) is 5.82 Å². The van der Waals surface area contributed by atoms with Gasteiger partial charge in [-0.25, -0.2) is 4.79 Å². The number of anilines is 1. The average molecular weight is 420 g/mol. The zero-order valence-electron chi connectivity index (χ0n) is 15.7. The molecule has 2 aromatic rings. The molecular formula is C20H23Cl2N5O. The lowest BCUT2D eigenvalue weighted by Gasteiger charge is -2.38. The van der Waals surface area contributed by atoms with Crippen molar-refractivity contribution in [2.75, 3.05) is 25.0 Å². The van der Waals surface area contributed by atoms with E-state index in [1.165, 1.54) is 0 Å².